The molecule has 0 bridgehead atoms. The van der Waals surface area contributed by atoms with Gasteiger partial charge in [0.05, 0.1) is 5.69 Å². The number of nitrogens with one attached hydrogen (secondary N) is 2. The number of carbonyl (C=O) groups excluding carboxylic acids is 1. The third kappa shape index (κ3) is 3.30. The van der Waals surface area contributed by atoms with Crippen LogP contribution in [0.4, 0.5) is 10.5 Å². The van der Waals surface area contributed by atoms with Crippen molar-refractivity contribution in [3.63, 3.8) is 0 Å². The van der Waals surface area contributed by atoms with E-state index in [1.54, 1.807) is 7.05 Å². The second-order valence-electron chi connectivity index (χ2n) is 3.21. The van der Waals surface area contributed by atoms with Crippen molar-refractivity contribution in [2.24, 2.45) is 0 Å². The molecule has 0 unspecified atom stereocenters. The van der Waals surface area contributed by atoms with Gasteiger partial charge in [-0.25, -0.2) is 4.79 Å². The molecule has 0 aliphatic heterocycles. The molecule has 16 heavy (non-hydrogen) atoms. The summed E-state index contributed by atoms with van der Waals surface area (Å²) in [7, 11) is 1.55. The van der Waals surface area contributed by atoms with Crippen molar-refractivity contribution in [1.82, 2.24) is 5.32 Å². The highest BCUT2D eigenvalue weighted by molar-refractivity contribution is 5.90. The van der Waals surface area contributed by atoms with Gasteiger partial charge in [-0.15, -0.1) is 0 Å². The molecule has 0 spiro atoms. The van der Waals surface area contributed by atoms with Crippen molar-refractivity contribution in [3.05, 3.63) is 29.3 Å². The molecule has 0 aliphatic rings. The Kier molecular flexibility index (Phi) is 4.37. The van der Waals surface area contributed by atoms with Gasteiger partial charge in [-0.3, -0.25) is 0 Å². The number of aliphatic hydroxyl groups excluding tert-OH is 1. The number of urea groups is 1. The van der Waals surface area contributed by atoms with Crippen LogP contribution >= 0.6 is 0 Å². The van der Waals surface area contributed by atoms with Crippen LogP contribution in [-0.4, -0.2) is 24.8 Å². The molecule has 0 heterocycles. The normalized spacial score (nSPS) is 8.94. The Hall–Kier alpha value is -1.99. The first-order valence-corrected chi connectivity index (χ1v) is 4.86. The lowest BCUT2D eigenvalue weighted by Gasteiger charge is -2.07. The van der Waals surface area contributed by atoms with Crippen molar-refractivity contribution < 1.29 is 9.90 Å². The van der Waals surface area contributed by atoms with Crippen LogP contribution < -0.4 is 10.6 Å². The van der Waals surface area contributed by atoms with Crippen LogP contribution in [0.2, 0.25) is 0 Å². The van der Waals surface area contributed by atoms with E-state index in [2.05, 4.69) is 22.5 Å². The summed E-state index contributed by atoms with van der Waals surface area (Å²) >= 11 is 0. The lowest BCUT2D eigenvalue weighted by atomic mass is 10.1. The highest BCUT2D eigenvalue weighted by Gasteiger charge is 2.03. The van der Waals surface area contributed by atoms with Crippen molar-refractivity contribution in [1.29, 1.82) is 0 Å². The topological polar surface area (TPSA) is 61.4 Å². The van der Waals surface area contributed by atoms with E-state index in [1.165, 1.54) is 0 Å². The molecule has 0 atom stereocenters. The average molecular weight is 218 g/mol. The van der Waals surface area contributed by atoms with Gasteiger partial charge in [-0.2, -0.15) is 0 Å². The van der Waals surface area contributed by atoms with Crippen LogP contribution in [0.5, 0.6) is 0 Å². The van der Waals surface area contributed by atoms with Gasteiger partial charge in [0, 0.05) is 12.6 Å². The monoisotopic (exact) mass is 218 g/mol. The van der Waals surface area contributed by atoms with E-state index in [4.69, 9.17) is 5.11 Å². The largest absolute Gasteiger partial charge is 0.384 e. The maximum Gasteiger partial charge on any atom is 0.319 e. The Balaban J connectivity index is 3.03. The molecule has 0 saturated carbocycles. The molecular weight excluding hydrogens is 204 g/mol. The molecule has 3 N–H and O–H groups in total. The summed E-state index contributed by atoms with van der Waals surface area (Å²) < 4.78 is 0. The first kappa shape index (κ1) is 12.1. The van der Waals surface area contributed by atoms with Gasteiger partial charge in [0.15, 0.2) is 0 Å². The fourth-order valence-corrected chi connectivity index (χ4v) is 1.19. The summed E-state index contributed by atoms with van der Waals surface area (Å²) in [6.07, 6.45) is 0. The number of carbonyl (C=O) groups is 1. The highest BCUT2D eigenvalue weighted by Crippen LogP contribution is 2.16. The number of aliphatic hydroxyl groups is 1. The Morgan fingerprint density at radius 2 is 2.25 bits per heavy atom. The second-order valence-corrected chi connectivity index (χ2v) is 3.21. The number of hydrogen-bond donors (Lipinski definition) is 3. The zero-order chi connectivity index (χ0) is 12.0. The Labute approximate surface area is 94.7 Å². The molecule has 0 fully saturated rings. The number of hydrogen-bond acceptors (Lipinski definition) is 2. The van der Waals surface area contributed by atoms with E-state index in [0.29, 0.717) is 11.3 Å². The standard InChI is InChI=1S/C12H14N2O2/c1-9-5-6-10(4-3-7-15)11(8-9)14-12(16)13-2/h5-6,8,15H,7H2,1-2H3,(H2,13,14,16). The zero-order valence-electron chi connectivity index (χ0n) is 9.29. The number of amides is 2. The molecule has 1 aromatic rings. The van der Waals surface area contributed by atoms with E-state index in [1.807, 2.05) is 25.1 Å². The summed E-state index contributed by atoms with van der Waals surface area (Å²) in [6, 6.07) is 5.24. The predicted molar refractivity (Wildman–Crippen MR) is 63.2 cm³/mol. The first-order valence-electron chi connectivity index (χ1n) is 4.86. The molecule has 2 amide bonds. The number of benzene rings is 1. The van der Waals surface area contributed by atoms with Crippen molar-refractivity contribution in [2.45, 2.75) is 6.92 Å². The van der Waals surface area contributed by atoms with Gasteiger partial charge in [0.2, 0.25) is 0 Å². The zero-order valence-corrected chi connectivity index (χ0v) is 9.29. The van der Waals surface area contributed by atoms with Gasteiger partial charge in [0.25, 0.3) is 0 Å². The Morgan fingerprint density at radius 1 is 1.50 bits per heavy atom. The summed E-state index contributed by atoms with van der Waals surface area (Å²) in [6.45, 7) is 1.73. The lowest BCUT2D eigenvalue weighted by Crippen LogP contribution is -2.24. The molecule has 0 saturated heterocycles. The van der Waals surface area contributed by atoms with E-state index >= 15 is 0 Å². The fourth-order valence-electron chi connectivity index (χ4n) is 1.19. The average Bonchev–Trinajstić information content (AvgIpc) is 2.28. The molecule has 4 heteroatoms. The molecular formula is C12H14N2O2. The molecule has 0 radical (unpaired) electrons. The van der Waals surface area contributed by atoms with Gasteiger partial charge in [0.1, 0.15) is 6.61 Å². The summed E-state index contributed by atoms with van der Waals surface area (Å²) in [5.41, 5.74) is 2.35. The molecule has 1 aromatic carbocycles. The van der Waals surface area contributed by atoms with Crippen molar-refractivity contribution in [2.75, 3.05) is 19.0 Å². The van der Waals surface area contributed by atoms with Gasteiger partial charge < -0.3 is 15.7 Å². The van der Waals surface area contributed by atoms with E-state index < -0.39 is 0 Å². The third-order valence-corrected chi connectivity index (χ3v) is 1.95. The smallest absolute Gasteiger partial charge is 0.319 e. The van der Waals surface area contributed by atoms with Crippen LogP contribution in [0.3, 0.4) is 0 Å². The fraction of sp³-hybridized carbons (Fsp3) is 0.250. The maximum absolute atomic E-state index is 11.2. The van der Waals surface area contributed by atoms with Crippen LogP contribution in [0.1, 0.15) is 11.1 Å². The van der Waals surface area contributed by atoms with Gasteiger partial charge in [-0.1, -0.05) is 17.9 Å². The maximum atomic E-state index is 11.2. The summed E-state index contributed by atoms with van der Waals surface area (Å²) in [5.74, 6) is 5.33. The van der Waals surface area contributed by atoms with Crippen LogP contribution in [0.25, 0.3) is 0 Å². The van der Waals surface area contributed by atoms with Gasteiger partial charge in [-0.05, 0) is 24.6 Å². The minimum atomic E-state index is -0.294. The Bertz CT molecular complexity index is 444. The summed E-state index contributed by atoms with van der Waals surface area (Å²) in [5, 5.41) is 13.8. The molecule has 4 nitrogen and oxygen atoms in total. The number of rotatable bonds is 1. The lowest BCUT2D eigenvalue weighted by molar-refractivity contribution is 0.254. The van der Waals surface area contributed by atoms with Crippen LogP contribution in [-0.2, 0) is 0 Å². The van der Waals surface area contributed by atoms with E-state index in [9.17, 15) is 4.79 Å². The van der Waals surface area contributed by atoms with Crippen molar-refractivity contribution >= 4 is 11.7 Å². The quantitative estimate of drug-likeness (QED) is 0.618. The minimum Gasteiger partial charge on any atom is -0.384 e. The minimum absolute atomic E-state index is 0.201. The summed E-state index contributed by atoms with van der Waals surface area (Å²) in [4.78, 5) is 11.2. The van der Waals surface area contributed by atoms with Crippen LogP contribution in [0, 0.1) is 18.8 Å². The highest BCUT2D eigenvalue weighted by atomic mass is 16.2. The van der Waals surface area contributed by atoms with Gasteiger partial charge >= 0.3 is 6.03 Å². The van der Waals surface area contributed by atoms with E-state index in [-0.39, 0.29) is 12.6 Å². The molecule has 0 aliphatic carbocycles. The number of anilines is 1. The molecule has 1 rings (SSSR count). The predicted octanol–water partition coefficient (Wildman–Crippen LogP) is 1.09. The SMILES string of the molecule is CNC(=O)Nc1cc(C)ccc1C#CCO. The third-order valence-electron chi connectivity index (χ3n) is 1.95. The second kappa shape index (κ2) is 5.79. The molecule has 84 valence electrons. The number of aryl methyl sites for hydroxylation is 1. The molecule has 0 aromatic heterocycles. The van der Waals surface area contributed by atoms with Crippen LogP contribution in [0.15, 0.2) is 18.2 Å². The van der Waals surface area contributed by atoms with E-state index in [0.717, 1.165) is 5.56 Å². The van der Waals surface area contributed by atoms with Crippen molar-refractivity contribution in [3.8, 4) is 11.8 Å². The first-order chi connectivity index (χ1) is 7.67. The Morgan fingerprint density at radius 3 is 2.88 bits per heavy atom.